The van der Waals surface area contributed by atoms with Gasteiger partial charge < -0.3 is 10.1 Å². The van der Waals surface area contributed by atoms with Gasteiger partial charge in [0.05, 0.1) is 11.7 Å². The molecular weight excluding hydrogens is 162 g/mol. The first-order chi connectivity index (χ1) is 5.99. The highest BCUT2D eigenvalue weighted by Crippen LogP contribution is 2.28. The van der Waals surface area contributed by atoms with Crippen LogP contribution in [0.2, 0.25) is 0 Å². The van der Waals surface area contributed by atoms with Gasteiger partial charge in [0.1, 0.15) is 0 Å². The van der Waals surface area contributed by atoms with E-state index in [1.165, 1.54) is 12.8 Å². The summed E-state index contributed by atoms with van der Waals surface area (Å²) in [7, 11) is 0. The Hall–Kier alpha value is -0.0800. The molecule has 0 radical (unpaired) electrons. The summed E-state index contributed by atoms with van der Waals surface area (Å²) in [5.74, 6) is 0.731. The van der Waals surface area contributed by atoms with Crippen molar-refractivity contribution in [1.29, 1.82) is 0 Å². The van der Waals surface area contributed by atoms with Gasteiger partial charge in [0.25, 0.3) is 0 Å². The Labute approximate surface area is 82.0 Å². The molecule has 2 nitrogen and oxygen atoms in total. The quantitative estimate of drug-likeness (QED) is 0.725. The average Bonchev–Trinajstić information content (AvgIpc) is 2.29. The van der Waals surface area contributed by atoms with Crippen molar-refractivity contribution in [2.75, 3.05) is 13.1 Å². The van der Waals surface area contributed by atoms with Crippen LogP contribution < -0.4 is 5.32 Å². The maximum absolute atomic E-state index is 5.87. The van der Waals surface area contributed by atoms with Gasteiger partial charge >= 0.3 is 0 Å². The summed E-state index contributed by atoms with van der Waals surface area (Å²) in [5.41, 5.74) is 0.115. The third-order valence-electron chi connectivity index (χ3n) is 2.48. The largest absolute Gasteiger partial charge is 0.371 e. The standard InChI is InChI=1S/C11H23NO/c1-9(2)7-12-8-10-5-6-11(3,4)13-10/h9-10,12H,5-8H2,1-4H3. The fourth-order valence-electron chi connectivity index (χ4n) is 1.75. The molecule has 1 fully saturated rings. The highest BCUT2D eigenvalue weighted by atomic mass is 16.5. The molecule has 0 saturated carbocycles. The molecule has 2 heteroatoms. The van der Waals surface area contributed by atoms with Gasteiger partial charge in [-0.15, -0.1) is 0 Å². The van der Waals surface area contributed by atoms with Crippen LogP contribution in [0.25, 0.3) is 0 Å². The minimum Gasteiger partial charge on any atom is -0.371 e. The molecule has 0 aromatic rings. The summed E-state index contributed by atoms with van der Waals surface area (Å²) in [5, 5.41) is 3.44. The first-order valence-electron chi connectivity index (χ1n) is 5.38. The first kappa shape index (κ1) is 11.0. The van der Waals surface area contributed by atoms with Gasteiger partial charge in [-0.3, -0.25) is 0 Å². The first-order valence-corrected chi connectivity index (χ1v) is 5.38. The Balaban J connectivity index is 2.11. The molecule has 13 heavy (non-hydrogen) atoms. The molecular formula is C11H23NO. The predicted molar refractivity (Wildman–Crippen MR) is 55.9 cm³/mol. The van der Waals surface area contributed by atoms with E-state index in [2.05, 4.69) is 33.0 Å². The van der Waals surface area contributed by atoms with E-state index in [1.54, 1.807) is 0 Å². The Morgan fingerprint density at radius 2 is 2.15 bits per heavy atom. The van der Waals surface area contributed by atoms with Gasteiger partial charge in [-0.2, -0.15) is 0 Å². The van der Waals surface area contributed by atoms with Gasteiger partial charge in [-0.1, -0.05) is 13.8 Å². The van der Waals surface area contributed by atoms with Gasteiger partial charge in [0.2, 0.25) is 0 Å². The van der Waals surface area contributed by atoms with Gasteiger partial charge in [0.15, 0.2) is 0 Å². The number of nitrogens with one attached hydrogen (secondary N) is 1. The van der Waals surface area contributed by atoms with E-state index in [1.807, 2.05) is 0 Å². The van der Waals surface area contributed by atoms with Crippen LogP contribution in [0, 0.1) is 5.92 Å². The van der Waals surface area contributed by atoms with Crippen LogP contribution in [0.15, 0.2) is 0 Å². The van der Waals surface area contributed by atoms with Crippen LogP contribution in [0.5, 0.6) is 0 Å². The average molecular weight is 185 g/mol. The minimum atomic E-state index is 0.115. The Morgan fingerprint density at radius 1 is 1.46 bits per heavy atom. The zero-order valence-electron chi connectivity index (χ0n) is 9.39. The molecule has 0 aromatic carbocycles. The molecule has 1 rings (SSSR count). The minimum absolute atomic E-state index is 0.115. The lowest BCUT2D eigenvalue weighted by atomic mass is 10.1. The fourth-order valence-corrected chi connectivity index (χ4v) is 1.75. The molecule has 1 saturated heterocycles. The molecule has 1 unspecified atom stereocenters. The molecule has 0 amide bonds. The van der Waals surface area contributed by atoms with Crippen molar-refractivity contribution in [1.82, 2.24) is 5.32 Å². The van der Waals surface area contributed by atoms with Crippen molar-refractivity contribution in [3.63, 3.8) is 0 Å². The van der Waals surface area contributed by atoms with E-state index in [4.69, 9.17) is 4.74 Å². The summed E-state index contributed by atoms with van der Waals surface area (Å²) < 4.78 is 5.87. The van der Waals surface area contributed by atoms with Crippen LogP contribution in [-0.2, 0) is 4.74 Å². The third kappa shape index (κ3) is 4.10. The van der Waals surface area contributed by atoms with Gasteiger partial charge in [-0.25, -0.2) is 0 Å². The van der Waals surface area contributed by atoms with E-state index in [9.17, 15) is 0 Å². The molecule has 0 aliphatic carbocycles. The topological polar surface area (TPSA) is 21.3 Å². The van der Waals surface area contributed by atoms with Crippen LogP contribution >= 0.6 is 0 Å². The lowest BCUT2D eigenvalue weighted by Crippen LogP contribution is -2.31. The second-order valence-electron chi connectivity index (χ2n) is 5.09. The lowest BCUT2D eigenvalue weighted by molar-refractivity contribution is -0.0143. The third-order valence-corrected chi connectivity index (χ3v) is 2.48. The highest BCUT2D eigenvalue weighted by Gasteiger charge is 2.30. The normalized spacial score (nSPS) is 27.0. The molecule has 1 aliphatic heterocycles. The molecule has 0 spiro atoms. The Kier molecular flexibility index (Phi) is 3.74. The van der Waals surface area contributed by atoms with Gasteiger partial charge in [0, 0.05) is 6.54 Å². The monoisotopic (exact) mass is 185 g/mol. The summed E-state index contributed by atoms with van der Waals surface area (Å²) in [4.78, 5) is 0. The molecule has 1 heterocycles. The smallest absolute Gasteiger partial charge is 0.0707 e. The number of ether oxygens (including phenoxy) is 1. The van der Waals surface area contributed by atoms with Crippen LogP contribution in [0.1, 0.15) is 40.5 Å². The second kappa shape index (κ2) is 4.43. The van der Waals surface area contributed by atoms with E-state index < -0.39 is 0 Å². The zero-order chi connectivity index (χ0) is 9.90. The summed E-state index contributed by atoms with van der Waals surface area (Å²) in [6.45, 7) is 10.9. The van der Waals surface area contributed by atoms with Gasteiger partial charge in [-0.05, 0) is 39.2 Å². The predicted octanol–water partition coefficient (Wildman–Crippen LogP) is 2.19. The molecule has 1 atom stereocenters. The lowest BCUT2D eigenvalue weighted by Gasteiger charge is -2.19. The van der Waals surface area contributed by atoms with Crippen LogP contribution in [-0.4, -0.2) is 24.8 Å². The molecule has 1 N–H and O–H groups in total. The van der Waals surface area contributed by atoms with Crippen LogP contribution in [0.4, 0.5) is 0 Å². The number of hydrogen-bond donors (Lipinski definition) is 1. The number of rotatable bonds is 4. The van der Waals surface area contributed by atoms with E-state index >= 15 is 0 Å². The molecule has 0 bridgehead atoms. The maximum Gasteiger partial charge on any atom is 0.0707 e. The number of hydrogen-bond acceptors (Lipinski definition) is 2. The fraction of sp³-hybridized carbons (Fsp3) is 1.00. The molecule has 0 aromatic heterocycles. The maximum atomic E-state index is 5.87. The van der Waals surface area contributed by atoms with Crippen molar-refractivity contribution < 1.29 is 4.74 Å². The van der Waals surface area contributed by atoms with Crippen molar-refractivity contribution >= 4 is 0 Å². The Bertz CT molecular complexity index is 154. The van der Waals surface area contributed by atoms with E-state index in [0.29, 0.717) is 6.10 Å². The SMILES string of the molecule is CC(C)CNCC1CCC(C)(C)O1. The van der Waals surface area contributed by atoms with Crippen molar-refractivity contribution in [3.8, 4) is 0 Å². The summed E-state index contributed by atoms with van der Waals surface area (Å²) in [6, 6.07) is 0. The highest BCUT2D eigenvalue weighted by molar-refractivity contribution is 4.81. The zero-order valence-corrected chi connectivity index (χ0v) is 9.39. The van der Waals surface area contributed by atoms with Crippen molar-refractivity contribution in [2.45, 2.75) is 52.2 Å². The second-order valence-corrected chi connectivity index (χ2v) is 5.09. The molecule has 78 valence electrons. The summed E-state index contributed by atoms with van der Waals surface area (Å²) >= 11 is 0. The van der Waals surface area contributed by atoms with Crippen LogP contribution in [0.3, 0.4) is 0 Å². The molecule has 1 aliphatic rings. The van der Waals surface area contributed by atoms with Crippen molar-refractivity contribution in [3.05, 3.63) is 0 Å². The van der Waals surface area contributed by atoms with E-state index in [-0.39, 0.29) is 5.60 Å². The van der Waals surface area contributed by atoms with Crippen molar-refractivity contribution in [2.24, 2.45) is 5.92 Å². The van der Waals surface area contributed by atoms with E-state index in [0.717, 1.165) is 19.0 Å². The Morgan fingerprint density at radius 3 is 2.62 bits per heavy atom. The summed E-state index contributed by atoms with van der Waals surface area (Å²) in [6.07, 6.45) is 2.84.